The van der Waals surface area contributed by atoms with Crippen LogP contribution < -0.4 is 5.73 Å². The zero-order valence-corrected chi connectivity index (χ0v) is 8.08. The number of carbonyl (C=O) groups is 2. The Balaban J connectivity index is 3.93. The summed E-state index contributed by atoms with van der Waals surface area (Å²) in [5, 5.41) is 0. The Kier molecular flexibility index (Phi) is 5.88. The maximum absolute atomic E-state index is 10.9. The predicted molar refractivity (Wildman–Crippen MR) is 47.9 cm³/mol. The van der Waals surface area contributed by atoms with E-state index >= 15 is 0 Å². The molecule has 0 radical (unpaired) electrons. The second kappa shape index (κ2) is 6.42. The molecule has 0 saturated heterocycles. The van der Waals surface area contributed by atoms with Gasteiger partial charge < -0.3 is 10.5 Å². The molecule has 0 spiro atoms. The van der Waals surface area contributed by atoms with E-state index in [1.165, 1.54) is 7.11 Å². The first-order chi connectivity index (χ1) is 6.10. The fourth-order valence-corrected chi connectivity index (χ4v) is 0.998. The lowest BCUT2D eigenvalue weighted by atomic mass is 10.4. The quantitative estimate of drug-likeness (QED) is 0.562. The van der Waals surface area contributed by atoms with E-state index in [4.69, 9.17) is 5.73 Å². The average molecular weight is 188 g/mol. The molecule has 0 aliphatic rings. The average Bonchev–Trinajstić information content (AvgIpc) is 2.03. The third-order valence-corrected chi connectivity index (χ3v) is 1.50. The SMILES string of the molecule is CCCN(CC(N)=O)CC(=O)OC. The van der Waals surface area contributed by atoms with Gasteiger partial charge in [0.15, 0.2) is 0 Å². The molecular formula is C8H16N2O3. The van der Waals surface area contributed by atoms with Gasteiger partial charge in [-0.3, -0.25) is 14.5 Å². The lowest BCUT2D eigenvalue weighted by Crippen LogP contribution is -2.38. The van der Waals surface area contributed by atoms with Gasteiger partial charge in [-0.2, -0.15) is 0 Å². The van der Waals surface area contributed by atoms with Crippen LogP contribution >= 0.6 is 0 Å². The van der Waals surface area contributed by atoms with E-state index in [0.29, 0.717) is 6.54 Å². The molecule has 0 unspecified atom stereocenters. The highest BCUT2D eigenvalue weighted by atomic mass is 16.5. The first-order valence-corrected chi connectivity index (χ1v) is 4.17. The molecule has 0 heterocycles. The Labute approximate surface area is 77.8 Å². The fraction of sp³-hybridized carbons (Fsp3) is 0.750. The molecule has 2 N–H and O–H groups in total. The van der Waals surface area contributed by atoms with Crippen molar-refractivity contribution in [3.8, 4) is 0 Å². The molecule has 0 atom stereocenters. The van der Waals surface area contributed by atoms with Gasteiger partial charge in [0.05, 0.1) is 20.2 Å². The van der Waals surface area contributed by atoms with E-state index in [1.807, 2.05) is 6.92 Å². The Morgan fingerprint density at radius 3 is 2.38 bits per heavy atom. The number of hydrogen-bond acceptors (Lipinski definition) is 4. The highest BCUT2D eigenvalue weighted by Gasteiger charge is 2.11. The van der Waals surface area contributed by atoms with Crippen LogP contribution in [0.5, 0.6) is 0 Å². The van der Waals surface area contributed by atoms with Crippen LogP contribution in [0.3, 0.4) is 0 Å². The zero-order valence-electron chi connectivity index (χ0n) is 8.08. The number of nitrogens with zero attached hydrogens (tertiary/aromatic N) is 1. The lowest BCUT2D eigenvalue weighted by molar-refractivity contribution is -0.142. The Morgan fingerprint density at radius 1 is 1.38 bits per heavy atom. The second-order valence-corrected chi connectivity index (χ2v) is 2.75. The lowest BCUT2D eigenvalue weighted by Gasteiger charge is -2.17. The number of nitrogens with two attached hydrogens (primary N) is 1. The molecule has 5 heteroatoms. The number of hydrogen-bond donors (Lipinski definition) is 1. The van der Waals surface area contributed by atoms with Crippen LogP contribution in [-0.4, -0.2) is 43.5 Å². The Morgan fingerprint density at radius 2 is 2.00 bits per heavy atom. The highest BCUT2D eigenvalue weighted by Crippen LogP contribution is 1.91. The molecule has 5 nitrogen and oxygen atoms in total. The van der Waals surface area contributed by atoms with Gasteiger partial charge in [-0.15, -0.1) is 0 Å². The summed E-state index contributed by atoms with van der Waals surface area (Å²) in [4.78, 5) is 23.1. The van der Waals surface area contributed by atoms with Crippen LogP contribution in [0.2, 0.25) is 0 Å². The summed E-state index contributed by atoms with van der Waals surface area (Å²) < 4.78 is 4.48. The number of ether oxygens (including phenoxy) is 1. The van der Waals surface area contributed by atoms with Gasteiger partial charge in [-0.1, -0.05) is 6.92 Å². The number of methoxy groups -OCH3 is 1. The van der Waals surface area contributed by atoms with Crippen LogP contribution in [-0.2, 0) is 14.3 Å². The van der Waals surface area contributed by atoms with Crippen molar-refractivity contribution in [1.29, 1.82) is 0 Å². The molecule has 13 heavy (non-hydrogen) atoms. The van der Waals surface area contributed by atoms with Crippen molar-refractivity contribution in [2.24, 2.45) is 5.73 Å². The summed E-state index contributed by atoms with van der Waals surface area (Å²) in [6.45, 7) is 2.85. The predicted octanol–water partition coefficient (Wildman–Crippen LogP) is -0.643. The van der Waals surface area contributed by atoms with Gasteiger partial charge in [0.1, 0.15) is 0 Å². The smallest absolute Gasteiger partial charge is 0.319 e. The first kappa shape index (κ1) is 11.9. The van der Waals surface area contributed by atoms with Crippen molar-refractivity contribution in [1.82, 2.24) is 4.90 Å². The van der Waals surface area contributed by atoms with E-state index in [9.17, 15) is 9.59 Å². The molecule has 0 aliphatic heterocycles. The van der Waals surface area contributed by atoms with Crippen molar-refractivity contribution >= 4 is 11.9 Å². The molecule has 0 rings (SSSR count). The van der Waals surface area contributed by atoms with Gasteiger partial charge in [-0.05, 0) is 13.0 Å². The summed E-state index contributed by atoms with van der Waals surface area (Å²) in [6, 6.07) is 0. The Bertz CT molecular complexity index is 182. The molecule has 76 valence electrons. The van der Waals surface area contributed by atoms with E-state index < -0.39 is 5.91 Å². The number of rotatable bonds is 6. The fourth-order valence-electron chi connectivity index (χ4n) is 0.998. The molecule has 1 amide bonds. The number of carbonyl (C=O) groups excluding carboxylic acids is 2. The maximum atomic E-state index is 10.9. The monoisotopic (exact) mass is 188 g/mol. The van der Waals surface area contributed by atoms with Crippen molar-refractivity contribution in [2.75, 3.05) is 26.7 Å². The molecule has 0 bridgehead atoms. The molecule has 0 fully saturated rings. The van der Waals surface area contributed by atoms with Crippen molar-refractivity contribution in [3.05, 3.63) is 0 Å². The van der Waals surface area contributed by atoms with Crippen LogP contribution in [0, 0.1) is 0 Å². The largest absolute Gasteiger partial charge is 0.468 e. The number of primary amides is 1. The summed E-state index contributed by atoms with van der Waals surface area (Å²) in [6.07, 6.45) is 0.865. The van der Waals surface area contributed by atoms with Crippen LogP contribution in [0.15, 0.2) is 0 Å². The maximum Gasteiger partial charge on any atom is 0.319 e. The second-order valence-electron chi connectivity index (χ2n) is 2.75. The number of esters is 1. The third kappa shape index (κ3) is 6.10. The van der Waals surface area contributed by atoms with Crippen molar-refractivity contribution < 1.29 is 14.3 Å². The highest BCUT2D eigenvalue weighted by molar-refractivity contribution is 5.77. The normalized spacial score (nSPS) is 10.1. The van der Waals surface area contributed by atoms with Crippen LogP contribution in [0.25, 0.3) is 0 Å². The summed E-state index contributed by atoms with van der Waals surface area (Å²) in [5.41, 5.74) is 5.01. The zero-order chi connectivity index (χ0) is 10.3. The van der Waals surface area contributed by atoms with Crippen molar-refractivity contribution in [3.63, 3.8) is 0 Å². The van der Waals surface area contributed by atoms with Gasteiger partial charge >= 0.3 is 5.97 Å². The molecule has 0 aromatic rings. The van der Waals surface area contributed by atoms with E-state index in [-0.39, 0.29) is 19.1 Å². The van der Waals surface area contributed by atoms with Gasteiger partial charge in [0.2, 0.25) is 5.91 Å². The summed E-state index contributed by atoms with van der Waals surface area (Å²) >= 11 is 0. The van der Waals surface area contributed by atoms with Crippen LogP contribution in [0.1, 0.15) is 13.3 Å². The van der Waals surface area contributed by atoms with E-state index in [1.54, 1.807) is 4.90 Å². The summed E-state index contributed by atoms with van der Waals surface area (Å²) in [7, 11) is 1.32. The minimum Gasteiger partial charge on any atom is -0.468 e. The Hall–Kier alpha value is -1.10. The van der Waals surface area contributed by atoms with Crippen LogP contribution in [0.4, 0.5) is 0 Å². The molecule has 0 aromatic carbocycles. The molecule has 0 aromatic heterocycles. The first-order valence-electron chi connectivity index (χ1n) is 4.17. The van der Waals surface area contributed by atoms with E-state index in [2.05, 4.69) is 4.74 Å². The van der Waals surface area contributed by atoms with Gasteiger partial charge in [-0.25, -0.2) is 0 Å². The topological polar surface area (TPSA) is 72.6 Å². The van der Waals surface area contributed by atoms with Gasteiger partial charge in [0, 0.05) is 0 Å². The molecule has 0 saturated carbocycles. The summed E-state index contributed by atoms with van der Waals surface area (Å²) in [5.74, 6) is -0.785. The number of amides is 1. The van der Waals surface area contributed by atoms with Gasteiger partial charge in [0.25, 0.3) is 0 Å². The third-order valence-electron chi connectivity index (χ3n) is 1.50. The van der Waals surface area contributed by atoms with E-state index in [0.717, 1.165) is 6.42 Å². The standard InChI is InChI=1S/C8H16N2O3/c1-3-4-10(5-7(9)11)6-8(12)13-2/h3-6H2,1-2H3,(H2,9,11). The minimum atomic E-state index is -0.433. The molecular weight excluding hydrogens is 172 g/mol. The van der Waals surface area contributed by atoms with Crippen molar-refractivity contribution in [2.45, 2.75) is 13.3 Å². The minimum absolute atomic E-state index is 0.100. The molecule has 0 aliphatic carbocycles.